The Labute approximate surface area is 244 Å². The monoisotopic (exact) mass is 565 g/mol. The largest absolute Gasteiger partial charge is 0.494 e. The number of para-hydroxylation sites is 1. The number of carbonyl (C=O) groups excluding carboxylic acids is 3. The van der Waals surface area contributed by atoms with E-state index in [2.05, 4.69) is 21.0 Å². The zero-order valence-corrected chi connectivity index (χ0v) is 23.6. The molecule has 2 aromatic carbocycles. The van der Waals surface area contributed by atoms with Gasteiger partial charge in [-0.25, -0.2) is 4.98 Å². The minimum atomic E-state index is 0.00177. The number of aromatic nitrogens is 3. The Balaban J connectivity index is 0.917. The summed E-state index contributed by atoms with van der Waals surface area (Å²) in [5, 5.41) is 0. The zero-order chi connectivity index (χ0) is 28.9. The molecule has 0 aliphatic carbocycles. The average Bonchev–Trinajstić information content (AvgIpc) is 3.47. The lowest BCUT2D eigenvalue weighted by Crippen LogP contribution is -2.50. The molecule has 42 heavy (non-hydrogen) atoms. The van der Waals surface area contributed by atoms with Crippen LogP contribution in [0.5, 0.6) is 5.75 Å². The number of fused-ring (bicyclic) bond motifs is 2. The number of likely N-dealkylation sites (tertiary alicyclic amines) is 1. The number of amides is 2. The third-order valence-corrected chi connectivity index (χ3v) is 8.21. The topological polar surface area (TPSA) is 108 Å². The van der Waals surface area contributed by atoms with Crippen molar-refractivity contribution in [2.75, 3.05) is 24.6 Å². The smallest absolute Gasteiger partial charge is 0.253 e. The number of ether oxygens (including phenoxy) is 1. The minimum absolute atomic E-state index is 0.00177. The van der Waals surface area contributed by atoms with E-state index in [0.717, 1.165) is 55.5 Å². The van der Waals surface area contributed by atoms with Gasteiger partial charge in [-0.1, -0.05) is 18.2 Å². The standard InChI is InChI=1S/C33H35N5O4/c39-30(32-35-27-15-18-34-22-28(27)36-32)8-2-1-5-21-42-26-12-9-24(10-13-26)33(41)37-19-16-25(17-20-37)38-29-7-4-3-6-23(29)11-14-31(38)40/h3-4,6-7,9-10,12-13,15,18,22,25H,1-2,5,8,11,14,16-17,19-21H2,(H,35,36). The molecule has 0 atom stereocenters. The van der Waals surface area contributed by atoms with Crippen molar-refractivity contribution in [1.29, 1.82) is 0 Å². The van der Waals surface area contributed by atoms with Gasteiger partial charge in [0.25, 0.3) is 5.91 Å². The van der Waals surface area contributed by atoms with Crippen molar-refractivity contribution in [3.63, 3.8) is 0 Å². The number of imidazole rings is 1. The van der Waals surface area contributed by atoms with Crippen LogP contribution in [0.15, 0.2) is 67.0 Å². The summed E-state index contributed by atoms with van der Waals surface area (Å²) < 4.78 is 5.87. The molecule has 6 rings (SSSR count). The third-order valence-electron chi connectivity index (χ3n) is 8.21. The predicted octanol–water partition coefficient (Wildman–Crippen LogP) is 5.36. The number of aryl methyl sites for hydroxylation is 1. The van der Waals surface area contributed by atoms with Crippen LogP contribution in [-0.2, 0) is 11.2 Å². The molecule has 1 saturated heterocycles. The number of unbranched alkanes of at least 4 members (excludes halogenated alkanes) is 2. The predicted molar refractivity (Wildman–Crippen MR) is 160 cm³/mol. The fourth-order valence-electron chi connectivity index (χ4n) is 5.92. The molecular formula is C33H35N5O4. The highest BCUT2D eigenvalue weighted by atomic mass is 16.5. The number of nitrogens with one attached hydrogen (secondary N) is 1. The van der Waals surface area contributed by atoms with Crippen LogP contribution in [-0.4, -0.2) is 63.2 Å². The van der Waals surface area contributed by atoms with E-state index in [0.29, 0.717) is 49.4 Å². The Hall–Kier alpha value is -4.53. The summed E-state index contributed by atoms with van der Waals surface area (Å²) in [7, 11) is 0. The van der Waals surface area contributed by atoms with Crippen LogP contribution in [0.2, 0.25) is 0 Å². The lowest BCUT2D eigenvalue weighted by molar-refractivity contribution is -0.119. The summed E-state index contributed by atoms with van der Waals surface area (Å²) in [6.07, 6.45) is 9.10. The molecule has 4 heterocycles. The van der Waals surface area contributed by atoms with Crippen molar-refractivity contribution in [1.82, 2.24) is 19.9 Å². The first-order valence-corrected chi connectivity index (χ1v) is 14.8. The van der Waals surface area contributed by atoms with Gasteiger partial charge in [0.1, 0.15) is 11.3 Å². The Morgan fingerprint density at radius 2 is 1.76 bits per heavy atom. The zero-order valence-electron chi connectivity index (χ0n) is 23.6. The Morgan fingerprint density at radius 3 is 2.57 bits per heavy atom. The summed E-state index contributed by atoms with van der Waals surface area (Å²) in [5.41, 5.74) is 4.41. The van der Waals surface area contributed by atoms with Crippen LogP contribution in [0.1, 0.15) is 71.5 Å². The van der Waals surface area contributed by atoms with E-state index in [1.807, 2.05) is 52.3 Å². The summed E-state index contributed by atoms with van der Waals surface area (Å²) in [4.78, 5) is 53.6. The van der Waals surface area contributed by atoms with Gasteiger partial charge in [0, 0.05) is 49.4 Å². The van der Waals surface area contributed by atoms with Crippen molar-refractivity contribution < 1.29 is 19.1 Å². The lowest BCUT2D eigenvalue weighted by Gasteiger charge is -2.41. The van der Waals surface area contributed by atoms with E-state index in [1.165, 1.54) is 5.56 Å². The summed E-state index contributed by atoms with van der Waals surface area (Å²) >= 11 is 0. The maximum Gasteiger partial charge on any atom is 0.253 e. The van der Waals surface area contributed by atoms with E-state index in [-0.39, 0.29) is 23.6 Å². The molecule has 2 aliphatic rings. The van der Waals surface area contributed by atoms with Crippen LogP contribution >= 0.6 is 0 Å². The molecule has 4 aromatic rings. The number of nitrogens with zero attached hydrogens (tertiary/aromatic N) is 4. The first-order chi connectivity index (χ1) is 20.6. The normalized spacial score (nSPS) is 15.6. The fourth-order valence-corrected chi connectivity index (χ4v) is 5.92. The second kappa shape index (κ2) is 12.5. The van der Waals surface area contributed by atoms with Gasteiger partial charge in [0.2, 0.25) is 5.91 Å². The number of pyridine rings is 1. The van der Waals surface area contributed by atoms with E-state index in [4.69, 9.17) is 4.74 Å². The minimum Gasteiger partial charge on any atom is -0.494 e. The van der Waals surface area contributed by atoms with Crippen molar-refractivity contribution in [3.05, 3.63) is 83.9 Å². The number of hydrogen-bond donors (Lipinski definition) is 1. The quantitative estimate of drug-likeness (QED) is 0.205. The van der Waals surface area contributed by atoms with Crippen molar-refractivity contribution in [3.8, 4) is 5.75 Å². The van der Waals surface area contributed by atoms with Crippen molar-refractivity contribution in [2.45, 2.75) is 57.4 Å². The number of rotatable bonds is 10. The van der Waals surface area contributed by atoms with Gasteiger partial charge in [-0.3, -0.25) is 19.4 Å². The van der Waals surface area contributed by atoms with Crippen LogP contribution in [0.25, 0.3) is 11.0 Å². The molecule has 9 nitrogen and oxygen atoms in total. The van der Waals surface area contributed by atoms with E-state index >= 15 is 0 Å². The summed E-state index contributed by atoms with van der Waals surface area (Å²) in [6, 6.07) is 17.4. The number of anilines is 1. The average molecular weight is 566 g/mol. The molecule has 0 saturated carbocycles. The van der Waals surface area contributed by atoms with Crippen LogP contribution in [0.4, 0.5) is 5.69 Å². The lowest BCUT2D eigenvalue weighted by atomic mass is 9.95. The molecule has 1 N–H and O–H groups in total. The van der Waals surface area contributed by atoms with Gasteiger partial charge in [0.05, 0.1) is 18.3 Å². The molecule has 216 valence electrons. The van der Waals surface area contributed by atoms with Crippen LogP contribution in [0.3, 0.4) is 0 Å². The SMILES string of the molecule is O=C(CCCCCOc1ccc(C(=O)N2CCC(N3C(=O)CCc4ccccc43)CC2)cc1)c1nc2cnccc2[nH]1. The molecule has 0 spiro atoms. The molecule has 1 fully saturated rings. The number of hydrogen-bond acceptors (Lipinski definition) is 6. The first kappa shape index (κ1) is 27.6. The molecule has 2 amide bonds. The number of piperidine rings is 1. The Morgan fingerprint density at radius 1 is 0.952 bits per heavy atom. The van der Waals surface area contributed by atoms with Crippen molar-refractivity contribution >= 4 is 34.3 Å². The molecule has 0 bridgehead atoms. The Bertz CT molecular complexity index is 1540. The summed E-state index contributed by atoms with van der Waals surface area (Å²) in [6.45, 7) is 1.80. The molecule has 9 heteroatoms. The third kappa shape index (κ3) is 6.05. The molecule has 2 aliphatic heterocycles. The van der Waals surface area contributed by atoms with Gasteiger partial charge in [-0.15, -0.1) is 0 Å². The van der Waals surface area contributed by atoms with Gasteiger partial charge < -0.3 is 19.5 Å². The molecule has 2 aromatic heterocycles. The molecule has 0 unspecified atom stereocenters. The van der Waals surface area contributed by atoms with E-state index < -0.39 is 0 Å². The fraction of sp³-hybridized carbons (Fsp3) is 0.364. The van der Waals surface area contributed by atoms with Crippen LogP contribution in [0, 0.1) is 0 Å². The number of carbonyl (C=O) groups is 3. The number of benzene rings is 2. The van der Waals surface area contributed by atoms with E-state index in [9.17, 15) is 14.4 Å². The first-order valence-electron chi connectivity index (χ1n) is 14.8. The second-order valence-electron chi connectivity index (χ2n) is 11.0. The highest BCUT2D eigenvalue weighted by Crippen LogP contribution is 2.32. The second-order valence-corrected chi connectivity index (χ2v) is 11.0. The maximum atomic E-state index is 13.2. The number of aromatic amines is 1. The highest BCUT2D eigenvalue weighted by Gasteiger charge is 2.33. The van der Waals surface area contributed by atoms with Gasteiger partial charge in [-0.05, 0) is 80.5 Å². The van der Waals surface area contributed by atoms with Gasteiger partial charge in [0.15, 0.2) is 11.6 Å². The van der Waals surface area contributed by atoms with Crippen LogP contribution < -0.4 is 9.64 Å². The van der Waals surface area contributed by atoms with E-state index in [1.54, 1.807) is 18.5 Å². The van der Waals surface area contributed by atoms with Crippen molar-refractivity contribution in [2.24, 2.45) is 0 Å². The van der Waals surface area contributed by atoms with Gasteiger partial charge in [-0.2, -0.15) is 0 Å². The highest BCUT2D eigenvalue weighted by molar-refractivity contribution is 5.97. The summed E-state index contributed by atoms with van der Waals surface area (Å²) in [5.74, 6) is 1.30. The number of H-pyrrole nitrogens is 1. The van der Waals surface area contributed by atoms with Gasteiger partial charge >= 0.3 is 0 Å². The maximum absolute atomic E-state index is 13.2. The molecule has 0 radical (unpaired) electrons. The molecular weight excluding hydrogens is 530 g/mol. The number of Topliss-reactive ketones (excluding diaryl/α,β-unsaturated/α-hetero) is 1. The Kier molecular flexibility index (Phi) is 8.26. The number of ketones is 1.